The fourth-order valence-electron chi connectivity index (χ4n) is 7.46. The lowest BCUT2D eigenvalue weighted by molar-refractivity contribution is -0.160. The maximum Gasteiger partial charge on any atom is 0.247 e. The van der Waals surface area contributed by atoms with Gasteiger partial charge >= 0.3 is 0 Å². The molecule has 178 valence electrons. The van der Waals surface area contributed by atoms with Crippen molar-refractivity contribution in [3.63, 3.8) is 0 Å². The van der Waals surface area contributed by atoms with Gasteiger partial charge in [0.15, 0.2) is 5.16 Å². The van der Waals surface area contributed by atoms with Gasteiger partial charge in [-0.15, -0.1) is 0 Å². The fourth-order valence-corrected chi connectivity index (χ4v) is 8.27. The fraction of sp³-hybridized carbons (Fsp3) is 0.556. The zero-order chi connectivity index (χ0) is 23.3. The molecule has 1 aromatic heterocycles. The van der Waals surface area contributed by atoms with E-state index in [1.54, 1.807) is 18.5 Å². The van der Waals surface area contributed by atoms with E-state index < -0.39 is 0 Å². The Morgan fingerprint density at radius 1 is 1.06 bits per heavy atom. The van der Waals surface area contributed by atoms with Crippen molar-refractivity contribution in [3.8, 4) is 0 Å². The topological polar surface area (TPSA) is 75.2 Å². The molecule has 7 rings (SSSR count). The van der Waals surface area contributed by atoms with Crippen LogP contribution in [0.2, 0.25) is 0 Å². The molecule has 5 aliphatic rings. The number of aryl methyl sites for hydroxylation is 1. The molecule has 4 aliphatic carbocycles. The molecule has 2 aromatic rings. The molecular formula is C27H32N4O2S. The van der Waals surface area contributed by atoms with Crippen molar-refractivity contribution >= 4 is 29.3 Å². The number of hydrogen-bond donors (Lipinski definition) is 1. The number of nitrogens with one attached hydrogen (secondary N) is 1. The molecule has 1 aromatic carbocycles. The van der Waals surface area contributed by atoms with Crippen molar-refractivity contribution in [2.45, 2.75) is 74.4 Å². The van der Waals surface area contributed by atoms with Crippen molar-refractivity contribution in [1.29, 1.82) is 0 Å². The van der Waals surface area contributed by atoms with Crippen LogP contribution in [0.4, 0.5) is 5.69 Å². The SMILES string of the molecule is Cc1cc(Sc2ncccn2)ccc1NC(=O)C1CCCN1C(=O)C12CC3CC(CC(C3)C1)C2. The third kappa shape index (κ3) is 4.02. The summed E-state index contributed by atoms with van der Waals surface area (Å²) in [6.45, 7) is 2.71. The second-order valence-corrected chi connectivity index (χ2v) is 12.0. The number of anilines is 1. The smallest absolute Gasteiger partial charge is 0.247 e. The van der Waals surface area contributed by atoms with E-state index >= 15 is 0 Å². The maximum atomic E-state index is 13.9. The molecule has 5 fully saturated rings. The van der Waals surface area contributed by atoms with Crippen molar-refractivity contribution < 1.29 is 9.59 Å². The minimum Gasteiger partial charge on any atom is -0.330 e. The number of likely N-dealkylation sites (tertiary alicyclic amines) is 1. The van der Waals surface area contributed by atoms with Crippen LogP contribution in [0.5, 0.6) is 0 Å². The summed E-state index contributed by atoms with van der Waals surface area (Å²) in [6.07, 6.45) is 12.2. The first kappa shape index (κ1) is 22.1. The summed E-state index contributed by atoms with van der Waals surface area (Å²) in [6, 6.07) is 7.42. The summed E-state index contributed by atoms with van der Waals surface area (Å²) in [7, 11) is 0. The molecule has 4 saturated carbocycles. The first-order chi connectivity index (χ1) is 16.5. The molecule has 1 N–H and O–H groups in total. The average molecular weight is 477 g/mol. The molecule has 2 amide bonds. The number of hydrogen-bond acceptors (Lipinski definition) is 5. The molecule has 34 heavy (non-hydrogen) atoms. The molecule has 1 aliphatic heterocycles. The number of carbonyl (C=O) groups is 2. The molecule has 1 unspecified atom stereocenters. The lowest BCUT2D eigenvalue weighted by Crippen LogP contribution is -2.56. The first-order valence-corrected chi connectivity index (χ1v) is 13.5. The maximum absolute atomic E-state index is 13.9. The largest absolute Gasteiger partial charge is 0.330 e. The van der Waals surface area contributed by atoms with Crippen LogP contribution in [0.3, 0.4) is 0 Å². The van der Waals surface area contributed by atoms with Crippen LogP contribution in [-0.4, -0.2) is 39.3 Å². The lowest BCUT2D eigenvalue weighted by Gasteiger charge is -2.56. The summed E-state index contributed by atoms with van der Waals surface area (Å²) in [4.78, 5) is 38.7. The third-order valence-corrected chi connectivity index (χ3v) is 9.40. The Balaban J connectivity index is 1.15. The van der Waals surface area contributed by atoms with Gasteiger partial charge in [0.05, 0.1) is 5.41 Å². The summed E-state index contributed by atoms with van der Waals surface area (Å²) in [5.41, 5.74) is 1.61. The van der Waals surface area contributed by atoms with Crippen LogP contribution in [0.15, 0.2) is 46.7 Å². The highest BCUT2D eigenvalue weighted by Gasteiger charge is 2.56. The Hall–Kier alpha value is -2.41. The molecule has 2 heterocycles. The van der Waals surface area contributed by atoms with Crippen molar-refractivity contribution in [2.75, 3.05) is 11.9 Å². The number of benzene rings is 1. The molecule has 1 atom stereocenters. The van der Waals surface area contributed by atoms with E-state index in [9.17, 15) is 9.59 Å². The zero-order valence-electron chi connectivity index (χ0n) is 19.7. The van der Waals surface area contributed by atoms with Gasteiger partial charge in [0, 0.05) is 29.5 Å². The highest BCUT2D eigenvalue weighted by atomic mass is 32.2. The van der Waals surface area contributed by atoms with Gasteiger partial charge < -0.3 is 10.2 Å². The zero-order valence-corrected chi connectivity index (χ0v) is 20.5. The quantitative estimate of drug-likeness (QED) is 0.609. The molecule has 1 saturated heterocycles. The second-order valence-electron chi connectivity index (χ2n) is 11.0. The van der Waals surface area contributed by atoms with Crippen LogP contribution in [0, 0.1) is 30.1 Å². The van der Waals surface area contributed by atoms with E-state index in [2.05, 4.69) is 15.3 Å². The lowest BCUT2D eigenvalue weighted by atomic mass is 9.49. The third-order valence-electron chi connectivity index (χ3n) is 8.52. The number of aromatic nitrogens is 2. The van der Waals surface area contributed by atoms with E-state index in [0.717, 1.165) is 66.0 Å². The van der Waals surface area contributed by atoms with E-state index in [0.29, 0.717) is 11.7 Å². The molecule has 4 bridgehead atoms. The van der Waals surface area contributed by atoms with Gasteiger partial charge in [0.1, 0.15) is 6.04 Å². The summed E-state index contributed by atoms with van der Waals surface area (Å²) in [5, 5.41) is 3.83. The van der Waals surface area contributed by atoms with Crippen molar-refractivity contribution in [2.24, 2.45) is 23.2 Å². The standard InChI is InChI=1S/C27H32N4O2S/c1-17-10-21(34-26-28-7-3-8-29-26)5-6-22(17)30-24(32)23-4-2-9-31(23)25(33)27-14-18-11-19(15-27)13-20(12-18)16-27/h3,5-8,10,18-20,23H,2,4,9,11-16H2,1H3,(H,30,32). The van der Waals surface area contributed by atoms with Crippen LogP contribution < -0.4 is 5.32 Å². The Bertz CT molecular complexity index is 1070. The second kappa shape index (κ2) is 8.67. The van der Waals surface area contributed by atoms with Crippen LogP contribution in [0.1, 0.15) is 56.9 Å². The molecule has 0 spiro atoms. The number of rotatable bonds is 5. The van der Waals surface area contributed by atoms with Crippen LogP contribution in [0.25, 0.3) is 0 Å². The number of nitrogens with zero attached hydrogens (tertiary/aromatic N) is 3. The number of carbonyl (C=O) groups excluding carboxylic acids is 2. The summed E-state index contributed by atoms with van der Waals surface area (Å²) < 4.78 is 0. The highest BCUT2D eigenvalue weighted by molar-refractivity contribution is 7.99. The van der Waals surface area contributed by atoms with Crippen molar-refractivity contribution in [1.82, 2.24) is 14.9 Å². The Morgan fingerprint density at radius 3 is 2.38 bits per heavy atom. The summed E-state index contributed by atoms with van der Waals surface area (Å²) >= 11 is 1.50. The average Bonchev–Trinajstić information content (AvgIpc) is 3.30. The predicted octanol–water partition coefficient (Wildman–Crippen LogP) is 5.08. The first-order valence-electron chi connectivity index (χ1n) is 12.7. The van der Waals surface area contributed by atoms with E-state index in [1.807, 2.05) is 30.0 Å². The normalized spacial score (nSPS) is 31.6. The van der Waals surface area contributed by atoms with Gasteiger partial charge in [-0.2, -0.15) is 0 Å². The van der Waals surface area contributed by atoms with Gasteiger partial charge in [0.2, 0.25) is 11.8 Å². The van der Waals surface area contributed by atoms with Gasteiger partial charge in [-0.1, -0.05) is 0 Å². The van der Waals surface area contributed by atoms with E-state index in [4.69, 9.17) is 0 Å². The molecule has 7 heteroatoms. The van der Waals surface area contributed by atoms with Crippen LogP contribution >= 0.6 is 11.8 Å². The van der Waals surface area contributed by atoms with Gasteiger partial charge in [-0.25, -0.2) is 9.97 Å². The molecule has 0 radical (unpaired) electrons. The minimum atomic E-state index is -0.355. The Labute approximate surface area is 205 Å². The highest BCUT2D eigenvalue weighted by Crippen LogP contribution is 2.60. The van der Waals surface area contributed by atoms with Crippen molar-refractivity contribution in [3.05, 3.63) is 42.2 Å². The summed E-state index contributed by atoms with van der Waals surface area (Å²) in [5.74, 6) is 2.40. The molecule has 6 nitrogen and oxygen atoms in total. The number of amides is 2. The predicted molar refractivity (Wildman–Crippen MR) is 131 cm³/mol. The Morgan fingerprint density at radius 2 is 1.74 bits per heavy atom. The van der Waals surface area contributed by atoms with Gasteiger partial charge in [0.25, 0.3) is 0 Å². The van der Waals surface area contributed by atoms with Crippen LogP contribution in [-0.2, 0) is 9.59 Å². The monoisotopic (exact) mass is 476 g/mol. The molecular weight excluding hydrogens is 444 g/mol. The van der Waals surface area contributed by atoms with E-state index in [-0.39, 0.29) is 23.3 Å². The Kier molecular flexibility index (Phi) is 5.63. The van der Waals surface area contributed by atoms with E-state index in [1.165, 1.54) is 31.0 Å². The van der Waals surface area contributed by atoms with Gasteiger partial charge in [-0.05, 0) is 118 Å². The van der Waals surface area contributed by atoms with Gasteiger partial charge in [-0.3, -0.25) is 9.59 Å². The minimum absolute atomic E-state index is 0.0505.